The highest BCUT2D eigenvalue weighted by molar-refractivity contribution is 9.10. The van der Waals surface area contributed by atoms with Gasteiger partial charge in [-0.05, 0) is 82.5 Å². The van der Waals surface area contributed by atoms with E-state index < -0.39 is 23.5 Å². The number of fused-ring (bicyclic) bond motifs is 2. The third-order valence-electron chi connectivity index (χ3n) is 6.75. The molecule has 4 aromatic rings. The number of benzene rings is 3. The standard InChI is InChI=1S/C28H20BrFN2O6S/c1-12-7-14-8-13(3-6-19(14)38-12)24(33)22-23(15-9-17(29)25(34)20(10-15)37-2)32(27(36)26(22)35)28-31-18-5-4-16(30)11-21(18)39-28/h3-6,8-12,23,33-34H,7H2,1-2H3/b24-22+. The Morgan fingerprint density at radius 2 is 2.00 bits per heavy atom. The van der Waals surface area contributed by atoms with Gasteiger partial charge in [0.2, 0.25) is 0 Å². The molecular formula is C28H20BrFN2O6S. The molecule has 0 spiro atoms. The van der Waals surface area contributed by atoms with E-state index >= 15 is 0 Å². The molecule has 2 unspecified atom stereocenters. The van der Waals surface area contributed by atoms with Crippen molar-refractivity contribution >= 4 is 60.1 Å². The van der Waals surface area contributed by atoms with Crippen LogP contribution in [0, 0.1) is 5.82 Å². The van der Waals surface area contributed by atoms with Gasteiger partial charge in [-0.3, -0.25) is 14.5 Å². The lowest BCUT2D eigenvalue weighted by atomic mass is 9.94. The largest absolute Gasteiger partial charge is 0.507 e. The molecule has 2 aliphatic heterocycles. The van der Waals surface area contributed by atoms with Crippen LogP contribution in [0.3, 0.4) is 0 Å². The molecule has 0 radical (unpaired) electrons. The van der Waals surface area contributed by atoms with E-state index in [-0.39, 0.29) is 38.5 Å². The maximum atomic E-state index is 13.9. The molecule has 2 N–H and O–H groups in total. The molecule has 39 heavy (non-hydrogen) atoms. The number of Topliss-reactive ketones (excluding diaryl/α,β-unsaturated/α-hetero) is 1. The Morgan fingerprint density at radius 3 is 2.77 bits per heavy atom. The Kier molecular flexibility index (Phi) is 6.07. The fourth-order valence-electron chi connectivity index (χ4n) is 4.97. The van der Waals surface area contributed by atoms with E-state index in [4.69, 9.17) is 9.47 Å². The van der Waals surface area contributed by atoms with Gasteiger partial charge in [-0.25, -0.2) is 9.37 Å². The summed E-state index contributed by atoms with van der Waals surface area (Å²) in [6.07, 6.45) is 0.618. The van der Waals surface area contributed by atoms with Crippen molar-refractivity contribution in [2.45, 2.75) is 25.5 Å². The van der Waals surface area contributed by atoms with Gasteiger partial charge in [0.05, 0.1) is 33.4 Å². The van der Waals surface area contributed by atoms with Crippen molar-refractivity contribution in [2.24, 2.45) is 0 Å². The normalized spacial score (nSPS) is 19.9. The van der Waals surface area contributed by atoms with Crippen molar-refractivity contribution < 1.29 is 33.7 Å². The molecule has 8 nitrogen and oxygen atoms in total. The number of ether oxygens (including phenoxy) is 2. The monoisotopic (exact) mass is 610 g/mol. The lowest BCUT2D eigenvalue weighted by Crippen LogP contribution is -2.29. The summed E-state index contributed by atoms with van der Waals surface area (Å²) in [5, 5.41) is 22.1. The van der Waals surface area contributed by atoms with E-state index in [1.165, 1.54) is 36.3 Å². The van der Waals surface area contributed by atoms with Crippen LogP contribution >= 0.6 is 27.3 Å². The summed E-state index contributed by atoms with van der Waals surface area (Å²) >= 11 is 4.35. The fourth-order valence-corrected chi connectivity index (χ4v) is 6.44. The molecular weight excluding hydrogens is 591 g/mol. The van der Waals surface area contributed by atoms with Crippen LogP contribution in [-0.4, -0.2) is 40.1 Å². The van der Waals surface area contributed by atoms with E-state index in [1.807, 2.05) is 6.92 Å². The van der Waals surface area contributed by atoms with Crippen LogP contribution in [0.25, 0.3) is 16.0 Å². The first-order valence-corrected chi connectivity index (χ1v) is 13.5. The van der Waals surface area contributed by atoms with Crippen molar-refractivity contribution in [1.29, 1.82) is 0 Å². The predicted octanol–water partition coefficient (Wildman–Crippen LogP) is 5.86. The number of thiazole rings is 1. The number of hydrogen-bond acceptors (Lipinski definition) is 8. The third-order valence-corrected chi connectivity index (χ3v) is 8.37. The average Bonchev–Trinajstić information content (AvgIpc) is 3.57. The lowest BCUT2D eigenvalue weighted by molar-refractivity contribution is -0.132. The Balaban J connectivity index is 1.57. The smallest absolute Gasteiger partial charge is 0.301 e. The van der Waals surface area contributed by atoms with Crippen molar-refractivity contribution in [2.75, 3.05) is 12.0 Å². The first kappa shape index (κ1) is 25.3. The molecule has 0 aliphatic carbocycles. The molecule has 0 saturated carbocycles. The molecule has 3 heterocycles. The van der Waals surface area contributed by atoms with E-state index in [9.17, 15) is 24.2 Å². The van der Waals surface area contributed by atoms with Crippen LogP contribution < -0.4 is 14.4 Å². The van der Waals surface area contributed by atoms with Crippen LogP contribution in [0.4, 0.5) is 9.52 Å². The minimum atomic E-state index is -1.12. The van der Waals surface area contributed by atoms with Gasteiger partial charge in [0.15, 0.2) is 16.6 Å². The molecule has 1 amide bonds. The van der Waals surface area contributed by atoms with Gasteiger partial charge >= 0.3 is 5.91 Å². The van der Waals surface area contributed by atoms with Gasteiger partial charge < -0.3 is 19.7 Å². The van der Waals surface area contributed by atoms with E-state index in [0.29, 0.717) is 33.5 Å². The summed E-state index contributed by atoms with van der Waals surface area (Å²) in [6, 6.07) is 11.1. The van der Waals surface area contributed by atoms with Crippen LogP contribution in [0.5, 0.6) is 17.2 Å². The Bertz CT molecular complexity index is 1730. The zero-order valence-electron chi connectivity index (χ0n) is 20.6. The number of halogens is 2. The van der Waals surface area contributed by atoms with Gasteiger partial charge in [-0.2, -0.15) is 0 Å². The maximum Gasteiger partial charge on any atom is 0.301 e. The number of carbonyl (C=O) groups is 2. The van der Waals surface area contributed by atoms with Crippen LogP contribution in [0.15, 0.2) is 58.6 Å². The number of aromatic hydroxyl groups is 1. The topological polar surface area (TPSA) is 109 Å². The highest BCUT2D eigenvalue weighted by atomic mass is 79.9. The number of methoxy groups -OCH3 is 1. The molecule has 6 rings (SSSR count). The van der Waals surface area contributed by atoms with Gasteiger partial charge in [0, 0.05) is 12.0 Å². The zero-order chi connectivity index (χ0) is 27.6. The molecule has 2 aliphatic rings. The number of aliphatic hydroxyl groups excluding tert-OH is 1. The van der Waals surface area contributed by atoms with E-state index in [0.717, 1.165) is 16.9 Å². The van der Waals surface area contributed by atoms with Crippen molar-refractivity contribution in [3.63, 3.8) is 0 Å². The number of nitrogens with zero attached hydrogens (tertiary/aromatic N) is 2. The van der Waals surface area contributed by atoms with Gasteiger partial charge in [-0.1, -0.05) is 11.3 Å². The number of aliphatic hydroxyl groups is 1. The molecule has 1 saturated heterocycles. The summed E-state index contributed by atoms with van der Waals surface area (Å²) in [7, 11) is 1.37. The number of phenols is 1. The number of amides is 1. The van der Waals surface area contributed by atoms with Crippen LogP contribution in [-0.2, 0) is 16.0 Å². The quantitative estimate of drug-likeness (QED) is 0.169. The number of ketones is 1. The zero-order valence-corrected chi connectivity index (χ0v) is 23.0. The average molecular weight is 611 g/mol. The molecule has 0 bridgehead atoms. The number of rotatable bonds is 4. The molecule has 198 valence electrons. The molecule has 1 fully saturated rings. The van der Waals surface area contributed by atoms with Crippen LogP contribution in [0.2, 0.25) is 0 Å². The first-order valence-electron chi connectivity index (χ1n) is 11.9. The van der Waals surface area contributed by atoms with Crippen molar-refractivity contribution in [3.8, 4) is 17.2 Å². The minimum Gasteiger partial charge on any atom is -0.507 e. The number of carbonyl (C=O) groups excluding carboxylic acids is 2. The highest BCUT2D eigenvalue weighted by Crippen LogP contribution is 2.47. The van der Waals surface area contributed by atoms with Gasteiger partial charge in [-0.15, -0.1) is 0 Å². The van der Waals surface area contributed by atoms with Crippen molar-refractivity contribution in [3.05, 3.63) is 81.1 Å². The second-order valence-corrected chi connectivity index (χ2v) is 11.1. The Labute approximate surface area is 234 Å². The Hall–Kier alpha value is -3.96. The summed E-state index contributed by atoms with van der Waals surface area (Å²) in [6.45, 7) is 1.94. The highest BCUT2D eigenvalue weighted by Gasteiger charge is 2.48. The summed E-state index contributed by atoms with van der Waals surface area (Å²) in [5.41, 5.74) is 1.90. The maximum absolute atomic E-state index is 13.9. The number of hydrogen-bond donors (Lipinski definition) is 2. The third kappa shape index (κ3) is 4.12. The van der Waals surface area contributed by atoms with Crippen LogP contribution in [0.1, 0.15) is 29.7 Å². The van der Waals surface area contributed by atoms with E-state index in [1.54, 1.807) is 24.3 Å². The molecule has 1 aromatic heterocycles. The molecule has 3 aromatic carbocycles. The summed E-state index contributed by atoms with van der Waals surface area (Å²) < 4.78 is 25.7. The molecule has 11 heteroatoms. The molecule has 2 atom stereocenters. The lowest BCUT2D eigenvalue weighted by Gasteiger charge is -2.24. The summed E-state index contributed by atoms with van der Waals surface area (Å²) in [4.78, 5) is 32.7. The van der Waals surface area contributed by atoms with Gasteiger partial charge in [0.1, 0.15) is 23.4 Å². The Morgan fingerprint density at radius 1 is 1.21 bits per heavy atom. The number of aromatic nitrogens is 1. The van der Waals surface area contributed by atoms with E-state index in [2.05, 4.69) is 20.9 Å². The second-order valence-electron chi connectivity index (χ2n) is 9.29. The fraction of sp³-hybridized carbons (Fsp3) is 0.179. The number of phenolic OH excluding ortho intramolecular Hbond substituents is 1. The summed E-state index contributed by atoms with van der Waals surface area (Å²) in [5.74, 6) is -2.00. The second kappa shape index (κ2) is 9.35. The SMILES string of the molecule is COc1cc(C2/C(=C(\O)c3ccc4c(c3)CC(C)O4)C(=O)C(=O)N2c2nc3ccc(F)cc3s2)cc(Br)c1O. The predicted molar refractivity (Wildman–Crippen MR) is 147 cm³/mol. The van der Waals surface area contributed by atoms with Gasteiger partial charge in [0.25, 0.3) is 5.78 Å². The number of anilines is 1. The van der Waals surface area contributed by atoms with Crippen molar-refractivity contribution in [1.82, 2.24) is 4.98 Å². The first-order chi connectivity index (χ1) is 18.7. The minimum absolute atomic E-state index is 0.0198.